The Kier molecular flexibility index (Phi) is 5.42. The minimum atomic E-state index is 0.159. The lowest BCUT2D eigenvalue weighted by Gasteiger charge is -2.25. The fourth-order valence-corrected chi connectivity index (χ4v) is 3.76. The van der Waals surface area contributed by atoms with Crippen LogP contribution in [-0.2, 0) is 0 Å². The van der Waals surface area contributed by atoms with Crippen LogP contribution in [0.15, 0.2) is 42.5 Å². The molecule has 3 rings (SSSR count). The van der Waals surface area contributed by atoms with Crippen molar-refractivity contribution in [1.29, 1.82) is 0 Å². The van der Waals surface area contributed by atoms with Gasteiger partial charge in [0.25, 0.3) is 5.91 Å². The smallest absolute Gasteiger partial charge is 0.253 e. The molecule has 1 heterocycles. The maximum absolute atomic E-state index is 13.0. The first-order valence-corrected chi connectivity index (χ1v) is 9.08. The van der Waals surface area contributed by atoms with E-state index in [2.05, 4.69) is 18.2 Å². The first-order chi connectivity index (χ1) is 12.1. The van der Waals surface area contributed by atoms with Crippen LogP contribution in [-0.4, -0.2) is 31.0 Å². The van der Waals surface area contributed by atoms with E-state index >= 15 is 0 Å². The molecule has 0 bridgehead atoms. The summed E-state index contributed by atoms with van der Waals surface area (Å²) in [5, 5.41) is 0. The number of hydrogen-bond donors (Lipinski definition) is 0. The number of methoxy groups -OCH3 is 1. The average Bonchev–Trinajstić information content (AvgIpc) is 2.86. The quantitative estimate of drug-likeness (QED) is 0.811. The summed E-state index contributed by atoms with van der Waals surface area (Å²) in [5.74, 6) is 1.43. The molecule has 0 spiro atoms. The van der Waals surface area contributed by atoms with Crippen LogP contribution in [0.4, 0.5) is 0 Å². The highest BCUT2D eigenvalue weighted by Crippen LogP contribution is 2.28. The second-order valence-electron chi connectivity index (χ2n) is 7.09. The van der Waals surface area contributed by atoms with Crippen molar-refractivity contribution in [3.63, 3.8) is 0 Å². The van der Waals surface area contributed by atoms with Gasteiger partial charge in [-0.3, -0.25) is 4.79 Å². The number of rotatable bonds is 3. The molecule has 1 amide bonds. The number of carbonyl (C=O) groups is 1. The van der Waals surface area contributed by atoms with Crippen molar-refractivity contribution in [3.8, 4) is 5.75 Å². The first-order valence-electron chi connectivity index (χ1n) is 9.08. The normalized spacial score (nSPS) is 17.9. The van der Waals surface area contributed by atoms with Crippen LogP contribution in [0.25, 0.3) is 0 Å². The maximum atomic E-state index is 13.0. The predicted molar refractivity (Wildman–Crippen MR) is 101 cm³/mol. The fourth-order valence-electron chi connectivity index (χ4n) is 3.76. The van der Waals surface area contributed by atoms with Gasteiger partial charge in [-0.25, -0.2) is 0 Å². The lowest BCUT2D eigenvalue weighted by Crippen LogP contribution is -2.34. The minimum absolute atomic E-state index is 0.159. The third-order valence-corrected chi connectivity index (χ3v) is 5.01. The molecule has 0 aromatic heterocycles. The minimum Gasteiger partial charge on any atom is -0.497 e. The zero-order valence-corrected chi connectivity index (χ0v) is 15.4. The number of amides is 1. The van der Waals surface area contributed by atoms with Gasteiger partial charge in [0, 0.05) is 24.6 Å². The van der Waals surface area contributed by atoms with E-state index in [-0.39, 0.29) is 5.91 Å². The fraction of sp³-hybridized carbons (Fsp3) is 0.409. The summed E-state index contributed by atoms with van der Waals surface area (Å²) < 4.78 is 5.26. The molecule has 0 N–H and O–H groups in total. The second kappa shape index (κ2) is 7.73. The Bertz CT molecular complexity index is 716. The molecule has 0 aliphatic carbocycles. The molecule has 2 aromatic rings. The van der Waals surface area contributed by atoms with E-state index in [9.17, 15) is 4.79 Å². The molecule has 1 atom stereocenters. The summed E-state index contributed by atoms with van der Waals surface area (Å²) in [5.41, 5.74) is 4.39. The van der Waals surface area contributed by atoms with Crippen LogP contribution < -0.4 is 4.74 Å². The van der Waals surface area contributed by atoms with Crippen molar-refractivity contribution in [3.05, 3.63) is 64.7 Å². The number of aryl methyl sites for hydroxylation is 2. The number of benzene rings is 2. The van der Waals surface area contributed by atoms with Gasteiger partial charge >= 0.3 is 0 Å². The molecule has 1 aliphatic rings. The number of ether oxygens (including phenoxy) is 1. The Morgan fingerprint density at radius 3 is 2.36 bits per heavy atom. The van der Waals surface area contributed by atoms with Gasteiger partial charge in [0.05, 0.1) is 7.11 Å². The molecule has 1 saturated heterocycles. The molecule has 1 unspecified atom stereocenters. The number of nitrogens with zero attached hydrogens (tertiary/aromatic N) is 1. The number of likely N-dealkylation sites (tertiary alicyclic amines) is 1. The molecule has 1 aliphatic heterocycles. The molecule has 25 heavy (non-hydrogen) atoms. The molecular weight excluding hydrogens is 310 g/mol. The van der Waals surface area contributed by atoms with E-state index in [0.29, 0.717) is 5.92 Å². The zero-order chi connectivity index (χ0) is 17.8. The lowest BCUT2D eigenvalue weighted by atomic mass is 9.94. The summed E-state index contributed by atoms with van der Waals surface area (Å²) in [4.78, 5) is 15.1. The van der Waals surface area contributed by atoms with Gasteiger partial charge in [-0.1, -0.05) is 35.7 Å². The van der Waals surface area contributed by atoms with Gasteiger partial charge in [-0.05, 0) is 56.5 Å². The largest absolute Gasteiger partial charge is 0.497 e. The Morgan fingerprint density at radius 2 is 1.72 bits per heavy atom. The summed E-state index contributed by atoms with van der Waals surface area (Å²) in [6.07, 6.45) is 3.36. The summed E-state index contributed by atoms with van der Waals surface area (Å²) in [7, 11) is 1.69. The Hall–Kier alpha value is -2.29. The van der Waals surface area contributed by atoms with E-state index in [4.69, 9.17) is 4.74 Å². The molecule has 0 saturated carbocycles. The van der Waals surface area contributed by atoms with E-state index in [1.165, 1.54) is 5.56 Å². The Labute approximate surface area is 150 Å². The maximum Gasteiger partial charge on any atom is 0.253 e. The SMILES string of the molecule is COc1ccc(C2CCCCN(C(=O)c3cc(C)cc(C)c3)C2)cc1. The van der Waals surface area contributed by atoms with Crippen LogP contribution in [0.3, 0.4) is 0 Å². The van der Waals surface area contributed by atoms with Crippen molar-refractivity contribution in [2.75, 3.05) is 20.2 Å². The summed E-state index contributed by atoms with van der Waals surface area (Å²) >= 11 is 0. The van der Waals surface area contributed by atoms with Crippen LogP contribution in [0, 0.1) is 13.8 Å². The predicted octanol–water partition coefficient (Wildman–Crippen LogP) is 4.72. The summed E-state index contributed by atoms with van der Waals surface area (Å²) in [6, 6.07) is 14.4. The van der Waals surface area contributed by atoms with E-state index in [0.717, 1.165) is 54.8 Å². The van der Waals surface area contributed by atoms with Gasteiger partial charge in [0.15, 0.2) is 0 Å². The van der Waals surface area contributed by atoms with Crippen molar-refractivity contribution in [1.82, 2.24) is 4.90 Å². The average molecular weight is 337 g/mol. The topological polar surface area (TPSA) is 29.5 Å². The van der Waals surface area contributed by atoms with E-state index in [1.807, 2.05) is 43.0 Å². The molecule has 3 heteroatoms. The van der Waals surface area contributed by atoms with Crippen LogP contribution in [0.2, 0.25) is 0 Å². The third kappa shape index (κ3) is 4.22. The highest BCUT2D eigenvalue weighted by atomic mass is 16.5. The van der Waals surface area contributed by atoms with Gasteiger partial charge in [0.1, 0.15) is 5.75 Å². The second-order valence-corrected chi connectivity index (χ2v) is 7.09. The van der Waals surface area contributed by atoms with Gasteiger partial charge < -0.3 is 9.64 Å². The third-order valence-electron chi connectivity index (χ3n) is 5.01. The van der Waals surface area contributed by atoms with Crippen molar-refractivity contribution in [2.45, 2.75) is 39.0 Å². The lowest BCUT2D eigenvalue weighted by molar-refractivity contribution is 0.0754. The highest BCUT2D eigenvalue weighted by Gasteiger charge is 2.24. The molecule has 3 nitrogen and oxygen atoms in total. The van der Waals surface area contributed by atoms with Crippen molar-refractivity contribution >= 4 is 5.91 Å². The first kappa shape index (κ1) is 17.5. The van der Waals surface area contributed by atoms with Gasteiger partial charge in [0.2, 0.25) is 0 Å². The van der Waals surface area contributed by atoms with Gasteiger partial charge in [-0.15, -0.1) is 0 Å². The van der Waals surface area contributed by atoms with Crippen LogP contribution >= 0.6 is 0 Å². The summed E-state index contributed by atoms with van der Waals surface area (Å²) in [6.45, 7) is 5.73. The Balaban J connectivity index is 1.79. The molecule has 132 valence electrons. The molecule has 1 fully saturated rings. The van der Waals surface area contributed by atoms with E-state index in [1.54, 1.807) is 7.11 Å². The van der Waals surface area contributed by atoms with Crippen LogP contribution in [0.5, 0.6) is 5.75 Å². The number of hydrogen-bond acceptors (Lipinski definition) is 2. The van der Waals surface area contributed by atoms with Crippen LogP contribution in [0.1, 0.15) is 52.2 Å². The van der Waals surface area contributed by atoms with Crippen molar-refractivity contribution in [2.24, 2.45) is 0 Å². The standard InChI is InChI=1S/C22H27NO2/c1-16-12-17(2)14-20(13-16)22(24)23-11-5-4-6-19(15-23)18-7-9-21(25-3)10-8-18/h7-10,12-14,19H,4-6,11,15H2,1-3H3. The molecule has 0 radical (unpaired) electrons. The zero-order valence-electron chi connectivity index (χ0n) is 15.4. The number of carbonyl (C=O) groups excluding carboxylic acids is 1. The van der Waals surface area contributed by atoms with Crippen molar-refractivity contribution < 1.29 is 9.53 Å². The molecular formula is C22H27NO2. The monoisotopic (exact) mass is 337 g/mol. The highest BCUT2D eigenvalue weighted by molar-refractivity contribution is 5.94. The van der Waals surface area contributed by atoms with E-state index < -0.39 is 0 Å². The molecule has 2 aromatic carbocycles. The Morgan fingerprint density at radius 1 is 1.04 bits per heavy atom. The van der Waals surface area contributed by atoms with Gasteiger partial charge in [-0.2, -0.15) is 0 Å².